The Morgan fingerprint density at radius 1 is 0.765 bits per heavy atom. The molecular formula is C12H11ClO3S. The Balaban J connectivity index is 0.000000317. The summed E-state index contributed by atoms with van der Waals surface area (Å²) >= 11 is 0. The number of hydrogen-bond acceptors (Lipinski definition) is 3. The third-order valence-electron chi connectivity index (χ3n) is 1.72. The van der Waals surface area contributed by atoms with Crippen molar-refractivity contribution in [2.24, 2.45) is 0 Å². The van der Waals surface area contributed by atoms with Gasteiger partial charge >= 0.3 is 0 Å². The third kappa shape index (κ3) is 6.60. The molecule has 2 aromatic rings. The van der Waals surface area contributed by atoms with Gasteiger partial charge in [0.1, 0.15) is 11.5 Å². The van der Waals surface area contributed by atoms with Gasteiger partial charge in [-0.05, 0) is 24.3 Å². The van der Waals surface area contributed by atoms with Gasteiger partial charge in [0.15, 0.2) is 0 Å². The largest absolute Gasteiger partial charge is 0.457 e. The molecule has 0 fully saturated rings. The molecule has 17 heavy (non-hydrogen) atoms. The van der Waals surface area contributed by atoms with Gasteiger partial charge in [-0.2, -0.15) is 0 Å². The van der Waals surface area contributed by atoms with Crippen LogP contribution in [-0.2, 0) is 9.92 Å². The van der Waals surface area contributed by atoms with Crippen LogP contribution in [0, 0.1) is 0 Å². The lowest BCUT2D eigenvalue weighted by molar-refractivity contribution is 0.482. The Kier molecular flexibility index (Phi) is 6.14. The van der Waals surface area contributed by atoms with E-state index in [1.807, 2.05) is 60.7 Å². The minimum atomic E-state index is -2.65. The van der Waals surface area contributed by atoms with Crippen molar-refractivity contribution in [1.82, 2.24) is 0 Å². The monoisotopic (exact) mass is 270 g/mol. The summed E-state index contributed by atoms with van der Waals surface area (Å²) in [5.74, 6) is 1.74. The number of halogens is 1. The van der Waals surface area contributed by atoms with Crippen molar-refractivity contribution >= 4 is 20.6 Å². The second kappa shape index (κ2) is 7.70. The van der Waals surface area contributed by atoms with Gasteiger partial charge in [-0.15, -0.1) is 0 Å². The van der Waals surface area contributed by atoms with Crippen molar-refractivity contribution in [2.45, 2.75) is 0 Å². The first-order valence-electron chi connectivity index (χ1n) is 4.76. The molecule has 0 amide bonds. The summed E-state index contributed by atoms with van der Waals surface area (Å²) in [4.78, 5) is 0. The van der Waals surface area contributed by atoms with Gasteiger partial charge in [0.05, 0.1) is 0 Å². The number of hydrogen-bond donors (Lipinski definition) is 1. The van der Waals surface area contributed by atoms with E-state index in [9.17, 15) is 0 Å². The van der Waals surface area contributed by atoms with Crippen molar-refractivity contribution in [3.8, 4) is 11.5 Å². The second-order valence-corrected chi connectivity index (χ2v) is 4.19. The minimum absolute atomic E-state index is 0.869. The second-order valence-electron chi connectivity index (χ2n) is 2.94. The number of ether oxygens (including phenoxy) is 1. The zero-order chi connectivity index (χ0) is 12.5. The molecule has 0 aromatic heterocycles. The van der Waals surface area contributed by atoms with E-state index in [-0.39, 0.29) is 0 Å². The molecule has 0 atom stereocenters. The van der Waals surface area contributed by atoms with Crippen LogP contribution in [0.25, 0.3) is 0 Å². The van der Waals surface area contributed by atoms with E-state index in [4.69, 9.17) is 13.2 Å². The van der Waals surface area contributed by atoms with Crippen LogP contribution in [0.4, 0.5) is 0 Å². The normalized spacial score (nSPS) is 9.29. The fourth-order valence-corrected chi connectivity index (χ4v) is 1.11. The average molecular weight is 271 g/mol. The lowest BCUT2D eigenvalue weighted by Crippen LogP contribution is -1.81. The maximum Gasteiger partial charge on any atom is 0.222 e. The highest BCUT2D eigenvalue weighted by Gasteiger charge is 1.92. The maximum atomic E-state index is 8.80. The maximum absolute atomic E-state index is 8.80. The molecule has 0 heterocycles. The van der Waals surface area contributed by atoms with Crippen LogP contribution < -0.4 is 4.74 Å². The first kappa shape index (κ1) is 13.5. The number of rotatable bonds is 2. The van der Waals surface area contributed by atoms with Gasteiger partial charge in [0.25, 0.3) is 0 Å². The average Bonchev–Trinajstić information content (AvgIpc) is 2.31. The fourth-order valence-electron chi connectivity index (χ4n) is 1.11. The van der Waals surface area contributed by atoms with E-state index in [2.05, 4.69) is 10.7 Å². The summed E-state index contributed by atoms with van der Waals surface area (Å²) < 4.78 is 23.2. The van der Waals surface area contributed by atoms with Crippen LogP contribution >= 0.6 is 10.7 Å². The predicted molar refractivity (Wildman–Crippen MR) is 69.1 cm³/mol. The Morgan fingerprint density at radius 2 is 1.06 bits per heavy atom. The topological polar surface area (TPSA) is 43.4 Å². The molecule has 0 aliphatic carbocycles. The summed E-state index contributed by atoms with van der Waals surface area (Å²) in [5.41, 5.74) is 0. The zero-order valence-corrected chi connectivity index (χ0v) is 10.5. The standard InChI is InChI=1S/C12H10O.ClHO2S/c1-3-7-11(8-4-1)13-12-9-5-2-6-10-12;1-4(2)3/h1-10H;4H. The summed E-state index contributed by atoms with van der Waals surface area (Å²) in [6.45, 7) is 0. The molecule has 3 nitrogen and oxygen atoms in total. The molecule has 0 radical (unpaired) electrons. The van der Waals surface area contributed by atoms with E-state index in [1.54, 1.807) is 0 Å². The van der Waals surface area contributed by atoms with Crippen LogP contribution in [-0.4, -0.2) is 8.42 Å². The molecule has 2 aromatic carbocycles. The molecule has 0 aliphatic rings. The molecule has 5 heteroatoms. The Hall–Kier alpha value is -1.52. The third-order valence-corrected chi connectivity index (χ3v) is 1.72. The molecule has 2 rings (SSSR count). The fraction of sp³-hybridized carbons (Fsp3) is 0. The van der Waals surface area contributed by atoms with Crippen LogP contribution in [0.5, 0.6) is 11.5 Å². The molecule has 90 valence electrons. The van der Waals surface area contributed by atoms with E-state index < -0.39 is 9.92 Å². The quantitative estimate of drug-likeness (QED) is 0.673. The Labute approximate surface area is 106 Å². The van der Waals surface area contributed by atoms with Crippen molar-refractivity contribution in [2.75, 3.05) is 0 Å². The molecule has 0 saturated carbocycles. The van der Waals surface area contributed by atoms with Crippen molar-refractivity contribution < 1.29 is 13.2 Å². The van der Waals surface area contributed by atoms with Crippen LogP contribution in [0.1, 0.15) is 0 Å². The predicted octanol–water partition coefficient (Wildman–Crippen LogP) is 3.23. The lowest BCUT2D eigenvalue weighted by Gasteiger charge is -2.03. The van der Waals surface area contributed by atoms with Gasteiger partial charge in [0.2, 0.25) is 9.92 Å². The molecular weight excluding hydrogens is 260 g/mol. The van der Waals surface area contributed by atoms with Crippen molar-refractivity contribution in [1.29, 1.82) is 0 Å². The van der Waals surface area contributed by atoms with Gasteiger partial charge < -0.3 is 4.74 Å². The zero-order valence-electron chi connectivity index (χ0n) is 8.82. The minimum Gasteiger partial charge on any atom is -0.457 e. The lowest BCUT2D eigenvalue weighted by atomic mass is 10.3. The molecule has 0 spiro atoms. The number of para-hydroxylation sites is 2. The molecule has 0 unspecified atom stereocenters. The first-order chi connectivity index (χ1) is 8.18. The van der Waals surface area contributed by atoms with Crippen LogP contribution in [0.2, 0.25) is 0 Å². The summed E-state index contributed by atoms with van der Waals surface area (Å²) in [7, 11) is 1.58. The van der Waals surface area contributed by atoms with Gasteiger partial charge in [0, 0.05) is 10.7 Å². The Bertz CT molecular complexity index is 452. The van der Waals surface area contributed by atoms with Gasteiger partial charge in [-0.3, -0.25) is 0 Å². The van der Waals surface area contributed by atoms with Crippen LogP contribution in [0.3, 0.4) is 0 Å². The molecule has 0 N–H and O–H groups in total. The van der Waals surface area contributed by atoms with E-state index in [0.29, 0.717) is 0 Å². The van der Waals surface area contributed by atoms with Crippen LogP contribution in [0.15, 0.2) is 60.7 Å². The van der Waals surface area contributed by atoms with E-state index in [1.165, 1.54) is 0 Å². The van der Waals surface area contributed by atoms with E-state index in [0.717, 1.165) is 11.5 Å². The van der Waals surface area contributed by atoms with Crippen molar-refractivity contribution in [3.05, 3.63) is 60.7 Å². The Morgan fingerprint density at radius 3 is 1.35 bits per heavy atom. The summed E-state index contributed by atoms with van der Waals surface area (Å²) in [5, 5.41) is 0. The highest BCUT2D eigenvalue weighted by atomic mass is 35.7. The summed E-state index contributed by atoms with van der Waals surface area (Å²) in [6.07, 6.45) is 0. The number of benzene rings is 2. The smallest absolute Gasteiger partial charge is 0.222 e. The van der Waals surface area contributed by atoms with E-state index >= 15 is 0 Å². The number of thiol groups is 1. The van der Waals surface area contributed by atoms with Crippen molar-refractivity contribution in [3.63, 3.8) is 0 Å². The molecule has 0 aliphatic heterocycles. The first-order valence-corrected chi connectivity index (χ1v) is 6.85. The molecule has 0 bridgehead atoms. The van der Waals surface area contributed by atoms with Gasteiger partial charge in [-0.1, -0.05) is 36.4 Å². The van der Waals surface area contributed by atoms with Gasteiger partial charge in [-0.25, -0.2) is 8.42 Å². The SMILES string of the molecule is O=[SH](=O)Cl.c1ccc(Oc2ccccc2)cc1. The highest BCUT2D eigenvalue weighted by Crippen LogP contribution is 2.19. The highest BCUT2D eigenvalue weighted by molar-refractivity contribution is 7.98. The molecule has 0 saturated heterocycles. The summed E-state index contributed by atoms with van der Waals surface area (Å²) in [6, 6.07) is 19.5.